The van der Waals surface area contributed by atoms with Crippen LogP contribution in [0.2, 0.25) is 0 Å². The minimum Gasteiger partial charge on any atom is -0.506 e. The van der Waals surface area contributed by atoms with Crippen molar-refractivity contribution in [3.63, 3.8) is 0 Å². The third-order valence-corrected chi connectivity index (χ3v) is 10.7. The standard InChI is InChI=1S/C33H41N5O5S2/c1-2-4-28-35-25(20-44-28)31(41)38-15-16-43-33(21-38)10-13-37(14-11-33)19-23-6-3-5-22(17-23)9-12-34-18-27(40)24-7-8-26(39)29-30(24)45-32(42)36-29/h3,5-8,17,20,27,34,39-40H,2,4,9-16,18-19,21H2,1H3,(H,36,42)/t27-/m0/s1. The Morgan fingerprint density at radius 3 is 2.82 bits per heavy atom. The lowest BCUT2D eigenvalue weighted by Gasteiger charge is -2.47. The predicted octanol–water partition coefficient (Wildman–Crippen LogP) is 4.08. The highest BCUT2D eigenvalue weighted by molar-refractivity contribution is 7.16. The molecule has 0 unspecified atom stereocenters. The monoisotopic (exact) mass is 651 g/mol. The molecule has 0 bridgehead atoms. The Hall–Kier alpha value is -3.13. The third-order valence-electron chi connectivity index (χ3n) is 8.81. The molecule has 10 nitrogen and oxygen atoms in total. The molecule has 0 radical (unpaired) electrons. The van der Waals surface area contributed by atoms with Crippen molar-refractivity contribution in [1.82, 2.24) is 25.1 Å². The van der Waals surface area contributed by atoms with Crippen molar-refractivity contribution < 1.29 is 19.7 Å². The van der Waals surface area contributed by atoms with Crippen molar-refractivity contribution in [3.05, 3.63) is 78.8 Å². The smallest absolute Gasteiger partial charge is 0.305 e. The number of carbonyl (C=O) groups excluding carboxylic acids is 1. The van der Waals surface area contributed by atoms with Gasteiger partial charge in [0.2, 0.25) is 0 Å². The lowest BCUT2D eigenvalue weighted by atomic mass is 9.89. The minimum atomic E-state index is -0.794. The lowest BCUT2D eigenvalue weighted by molar-refractivity contribution is -0.128. The van der Waals surface area contributed by atoms with Crippen molar-refractivity contribution in [1.29, 1.82) is 0 Å². The number of H-pyrrole nitrogens is 1. The molecule has 2 aromatic heterocycles. The summed E-state index contributed by atoms with van der Waals surface area (Å²) in [6, 6.07) is 11.8. The van der Waals surface area contributed by atoms with E-state index in [-0.39, 0.29) is 22.1 Å². The molecule has 2 aromatic carbocycles. The predicted molar refractivity (Wildman–Crippen MR) is 177 cm³/mol. The zero-order valence-corrected chi connectivity index (χ0v) is 27.2. The fraction of sp³-hybridized carbons (Fsp3) is 0.485. The van der Waals surface area contributed by atoms with Gasteiger partial charge in [-0.1, -0.05) is 48.6 Å². The van der Waals surface area contributed by atoms with Gasteiger partial charge in [0.05, 0.1) is 34.6 Å². The number of hydrogen-bond donors (Lipinski definition) is 4. The second-order valence-electron chi connectivity index (χ2n) is 12.1. The highest BCUT2D eigenvalue weighted by Crippen LogP contribution is 2.33. The van der Waals surface area contributed by atoms with Crippen LogP contribution in [-0.2, 0) is 24.1 Å². The zero-order chi connectivity index (χ0) is 31.4. The van der Waals surface area contributed by atoms with E-state index in [1.807, 2.05) is 10.3 Å². The summed E-state index contributed by atoms with van der Waals surface area (Å²) in [5.41, 5.74) is 3.78. The van der Waals surface area contributed by atoms with Gasteiger partial charge >= 0.3 is 4.87 Å². The van der Waals surface area contributed by atoms with Crippen LogP contribution in [0, 0.1) is 0 Å². The van der Waals surface area contributed by atoms with E-state index in [0.29, 0.717) is 54.3 Å². The maximum absolute atomic E-state index is 13.2. The number of amides is 1. The number of aliphatic hydroxyl groups excluding tert-OH is 1. The number of phenols is 1. The van der Waals surface area contributed by atoms with Gasteiger partial charge in [-0.05, 0) is 55.8 Å². The molecule has 2 aliphatic rings. The molecule has 2 fully saturated rings. The SMILES string of the molecule is CCCc1nc(C(=O)N2CCOC3(CCN(Cc4cccc(CCNC[C@H](O)c5ccc(O)c6[nH]c(=O)sc56)c4)CC3)C2)cs1. The van der Waals surface area contributed by atoms with Gasteiger partial charge in [0, 0.05) is 43.7 Å². The molecule has 2 saturated heterocycles. The number of hydrogen-bond acceptors (Lipinski definition) is 10. The van der Waals surface area contributed by atoms with Gasteiger partial charge in [0.15, 0.2) is 0 Å². The van der Waals surface area contributed by atoms with Crippen LogP contribution in [0.1, 0.15) is 64.5 Å². The zero-order valence-electron chi connectivity index (χ0n) is 25.6. The number of aromatic hydroxyl groups is 1. The molecule has 0 saturated carbocycles. The number of thiazole rings is 2. The van der Waals surface area contributed by atoms with E-state index in [4.69, 9.17) is 4.74 Å². The number of morpholine rings is 1. The lowest BCUT2D eigenvalue weighted by Crippen LogP contribution is -2.58. The van der Waals surface area contributed by atoms with Gasteiger partial charge in [0.1, 0.15) is 17.0 Å². The van der Waals surface area contributed by atoms with Gasteiger partial charge in [-0.15, -0.1) is 11.3 Å². The fourth-order valence-electron chi connectivity index (χ4n) is 6.36. The Bertz CT molecular complexity index is 1680. The summed E-state index contributed by atoms with van der Waals surface area (Å²) in [7, 11) is 0. The first kappa shape index (κ1) is 31.8. The number of rotatable bonds is 11. The second kappa shape index (κ2) is 14.1. The largest absolute Gasteiger partial charge is 0.506 e. The summed E-state index contributed by atoms with van der Waals surface area (Å²) in [6.45, 7) is 7.68. The number of aliphatic hydroxyl groups is 1. The Morgan fingerprint density at radius 2 is 2.00 bits per heavy atom. The number of piperidine rings is 1. The molecule has 1 amide bonds. The van der Waals surface area contributed by atoms with Crippen LogP contribution < -0.4 is 10.2 Å². The van der Waals surface area contributed by atoms with Crippen LogP contribution >= 0.6 is 22.7 Å². The van der Waals surface area contributed by atoms with E-state index in [2.05, 4.69) is 51.4 Å². The summed E-state index contributed by atoms with van der Waals surface area (Å²) in [6.07, 6.45) is 3.76. The van der Waals surface area contributed by atoms with Crippen molar-refractivity contribution >= 4 is 38.8 Å². The number of phenolic OH excluding ortho intramolecular Hbond substituents is 1. The quantitative estimate of drug-likeness (QED) is 0.179. The number of nitrogens with zero attached hydrogens (tertiary/aromatic N) is 3. The highest BCUT2D eigenvalue weighted by atomic mass is 32.1. The Labute approximate surface area is 270 Å². The van der Waals surface area contributed by atoms with Crippen molar-refractivity contribution in [2.24, 2.45) is 0 Å². The van der Waals surface area contributed by atoms with Crippen LogP contribution in [0.5, 0.6) is 5.75 Å². The van der Waals surface area contributed by atoms with Gasteiger partial charge in [-0.2, -0.15) is 0 Å². The van der Waals surface area contributed by atoms with Gasteiger partial charge < -0.3 is 30.2 Å². The fourth-order valence-corrected chi connectivity index (χ4v) is 8.16. The van der Waals surface area contributed by atoms with Crippen LogP contribution in [0.15, 0.2) is 46.6 Å². The Morgan fingerprint density at radius 1 is 1.18 bits per heavy atom. The van der Waals surface area contributed by atoms with E-state index in [0.717, 1.165) is 68.1 Å². The average molecular weight is 652 g/mol. The van der Waals surface area contributed by atoms with Gasteiger partial charge in [0.25, 0.3) is 5.91 Å². The second-order valence-corrected chi connectivity index (χ2v) is 14.0. The summed E-state index contributed by atoms with van der Waals surface area (Å²) in [5.74, 6) is 0.0288. The van der Waals surface area contributed by atoms with Crippen molar-refractivity contribution in [2.45, 2.75) is 57.3 Å². The van der Waals surface area contributed by atoms with Crippen molar-refractivity contribution in [3.8, 4) is 5.75 Å². The number of fused-ring (bicyclic) bond motifs is 1. The van der Waals surface area contributed by atoms with Crippen LogP contribution in [0.4, 0.5) is 0 Å². The van der Waals surface area contributed by atoms with Crippen LogP contribution in [0.3, 0.4) is 0 Å². The molecule has 45 heavy (non-hydrogen) atoms. The number of aryl methyl sites for hydroxylation is 1. The van der Waals surface area contributed by atoms with Crippen LogP contribution in [0.25, 0.3) is 10.2 Å². The first-order valence-corrected chi connectivity index (χ1v) is 17.4. The highest BCUT2D eigenvalue weighted by Gasteiger charge is 2.41. The van der Waals surface area contributed by atoms with E-state index in [1.165, 1.54) is 17.2 Å². The van der Waals surface area contributed by atoms with Gasteiger partial charge in [-0.25, -0.2) is 4.98 Å². The molecular weight excluding hydrogens is 611 g/mol. The molecule has 6 rings (SSSR count). The molecule has 4 heterocycles. The molecule has 1 spiro atoms. The number of nitrogens with one attached hydrogen (secondary N) is 2. The number of likely N-dealkylation sites (tertiary alicyclic amines) is 1. The molecule has 4 aromatic rings. The van der Waals surface area contributed by atoms with E-state index < -0.39 is 6.10 Å². The third kappa shape index (κ3) is 7.48. The summed E-state index contributed by atoms with van der Waals surface area (Å²) in [4.78, 5) is 36.3. The summed E-state index contributed by atoms with van der Waals surface area (Å²) >= 11 is 2.57. The first-order valence-electron chi connectivity index (χ1n) is 15.7. The molecule has 4 N–H and O–H groups in total. The summed E-state index contributed by atoms with van der Waals surface area (Å²) < 4.78 is 6.91. The van der Waals surface area contributed by atoms with E-state index in [9.17, 15) is 19.8 Å². The topological polar surface area (TPSA) is 131 Å². The Balaban J connectivity index is 0.963. The average Bonchev–Trinajstić information content (AvgIpc) is 3.68. The molecule has 240 valence electrons. The van der Waals surface area contributed by atoms with Crippen LogP contribution in [-0.4, -0.2) is 87.4 Å². The molecular formula is C33H41N5O5S2. The number of ether oxygens (including phenoxy) is 1. The maximum atomic E-state index is 13.2. The van der Waals surface area contributed by atoms with Gasteiger partial charge in [-0.3, -0.25) is 14.5 Å². The maximum Gasteiger partial charge on any atom is 0.305 e. The van der Waals surface area contributed by atoms with Crippen molar-refractivity contribution in [2.75, 3.05) is 45.9 Å². The number of carbonyl (C=O) groups is 1. The Kier molecular flexibility index (Phi) is 9.98. The summed E-state index contributed by atoms with van der Waals surface area (Å²) in [5, 5.41) is 27.0. The van der Waals surface area contributed by atoms with E-state index >= 15 is 0 Å². The normalized spacial score (nSPS) is 17.7. The molecule has 12 heteroatoms. The minimum absolute atomic E-state index is 0.00460. The van der Waals surface area contributed by atoms with E-state index in [1.54, 1.807) is 17.4 Å². The molecule has 1 atom stereocenters. The number of aromatic amines is 1. The number of benzene rings is 2. The first-order chi connectivity index (χ1) is 21.8. The molecule has 0 aliphatic carbocycles. The molecule has 2 aliphatic heterocycles. The number of aromatic nitrogens is 2.